The quantitative estimate of drug-likeness (QED) is 0.688. The van der Waals surface area contributed by atoms with E-state index in [1.807, 2.05) is 43.3 Å². The highest BCUT2D eigenvalue weighted by atomic mass is 35.5. The van der Waals surface area contributed by atoms with Gasteiger partial charge in [0, 0.05) is 0 Å². The zero-order chi connectivity index (χ0) is 13.2. The van der Waals surface area contributed by atoms with Gasteiger partial charge in [0.25, 0.3) is 0 Å². The highest BCUT2D eigenvalue weighted by Crippen LogP contribution is 2.15. The van der Waals surface area contributed by atoms with Gasteiger partial charge in [0.1, 0.15) is 17.5 Å². The van der Waals surface area contributed by atoms with E-state index in [0.29, 0.717) is 17.6 Å². The van der Waals surface area contributed by atoms with Gasteiger partial charge in [-0.05, 0) is 36.8 Å². The number of rotatable bonds is 3. The summed E-state index contributed by atoms with van der Waals surface area (Å²) in [5.41, 5.74) is 1.87. The molecule has 2 heterocycles. The molecule has 0 aliphatic carbocycles. The largest absolute Gasteiger partial charge is 0.486 e. The molecule has 0 atom stereocenters. The number of hydrogen-bond acceptors (Lipinski definition) is 3. The van der Waals surface area contributed by atoms with E-state index >= 15 is 0 Å². The third-order valence-corrected chi connectivity index (χ3v) is 3.00. The maximum atomic E-state index is 6.03. The number of hydrogen-bond donors (Lipinski definition) is 0. The average molecular weight is 274 g/mol. The summed E-state index contributed by atoms with van der Waals surface area (Å²) in [4.78, 5) is 4.35. The van der Waals surface area contributed by atoms with Gasteiger partial charge in [-0.15, -0.1) is 5.10 Å². The average Bonchev–Trinajstić information content (AvgIpc) is 2.81. The molecule has 5 heteroatoms. The molecule has 0 spiro atoms. The first-order valence-electron chi connectivity index (χ1n) is 5.92. The molecule has 0 unspecified atom stereocenters. The summed E-state index contributed by atoms with van der Waals surface area (Å²) in [6, 6.07) is 13.3. The van der Waals surface area contributed by atoms with Gasteiger partial charge in [-0.25, -0.2) is 9.50 Å². The van der Waals surface area contributed by atoms with E-state index in [-0.39, 0.29) is 0 Å². The van der Waals surface area contributed by atoms with Crippen LogP contribution in [0.5, 0.6) is 5.75 Å². The molecule has 0 saturated carbocycles. The van der Waals surface area contributed by atoms with Gasteiger partial charge >= 0.3 is 0 Å². The molecular weight excluding hydrogens is 262 g/mol. The van der Waals surface area contributed by atoms with Gasteiger partial charge in [0.2, 0.25) is 0 Å². The lowest BCUT2D eigenvalue weighted by atomic mass is 10.2. The second kappa shape index (κ2) is 4.90. The van der Waals surface area contributed by atoms with Crippen molar-refractivity contribution in [1.29, 1.82) is 0 Å². The van der Waals surface area contributed by atoms with E-state index in [1.165, 1.54) is 0 Å². The Morgan fingerprint density at radius 1 is 1.21 bits per heavy atom. The Kier molecular flexibility index (Phi) is 3.09. The van der Waals surface area contributed by atoms with Crippen LogP contribution in [0.3, 0.4) is 0 Å². The van der Waals surface area contributed by atoms with Crippen LogP contribution in [0.1, 0.15) is 11.4 Å². The summed E-state index contributed by atoms with van der Waals surface area (Å²) in [6.07, 6.45) is 0. The van der Waals surface area contributed by atoms with Crippen molar-refractivity contribution in [2.45, 2.75) is 13.5 Å². The molecule has 3 rings (SSSR count). The Morgan fingerprint density at radius 3 is 2.84 bits per heavy atom. The van der Waals surface area contributed by atoms with E-state index in [2.05, 4.69) is 10.1 Å². The van der Waals surface area contributed by atoms with E-state index in [9.17, 15) is 0 Å². The molecule has 4 nitrogen and oxygen atoms in total. The lowest BCUT2D eigenvalue weighted by Gasteiger charge is -2.03. The third-order valence-electron chi connectivity index (χ3n) is 2.71. The van der Waals surface area contributed by atoms with Crippen LogP contribution in [-0.2, 0) is 6.61 Å². The number of aromatic nitrogens is 3. The summed E-state index contributed by atoms with van der Waals surface area (Å²) >= 11 is 6.03. The van der Waals surface area contributed by atoms with Crippen molar-refractivity contribution in [3.8, 4) is 5.75 Å². The Morgan fingerprint density at radius 2 is 2.05 bits per heavy atom. The predicted octanol–water partition coefficient (Wildman–Crippen LogP) is 3.27. The fraction of sp³-hybridized carbons (Fsp3) is 0.143. The minimum atomic E-state index is 0.321. The Bertz CT molecular complexity index is 724. The summed E-state index contributed by atoms with van der Waals surface area (Å²) < 4.78 is 7.25. The number of aryl methyl sites for hydroxylation is 1. The van der Waals surface area contributed by atoms with E-state index < -0.39 is 0 Å². The zero-order valence-electron chi connectivity index (χ0n) is 10.4. The minimum Gasteiger partial charge on any atom is -0.486 e. The number of fused-ring (bicyclic) bond motifs is 1. The maximum Gasteiger partial charge on any atom is 0.189 e. The fourth-order valence-electron chi connectivity index (χ4n) is 1.83. The van der Waals surface area contributed by atoms with Crippen molar-refractivity contribution in [1.82, 2.24) is 14.6 Å². The minimum absolute atomic E-state index is 0.321. The van der Waals surface area contributed by atoms with Crippen molar-refractivity contribution >= 4 is 17.2 Å². The van der Waals surface area contributed by atoms with Crippen molar-refractivity contribution in [3.05, 3.63) is 59.0 Å². The first kappa shape index (κ1) is 12.0. The fourth-order valence-corrected chi connectivity index (χ4v) is 2.03. The topological polar surface area (TPSA) is 39.4 Å². The Balaban J connectivity index is 1.80. The van der Waals surface area contributed by atoms with Crippen LogP contribution < -0.4 is 4.74 Å². The van der Waals surface area contributed by atoms with Crippen molar-refractivity contribution in [2.24, 2.45) is 0 Å². The van der Waals surface area contributed by atoms with E-state index in [4.69, 9.17) is 16.3 Å². The predicted molar refractivity (Wildman–Crippen MR) is 73.5 cm³/mol. The Hall–Kier alpha value is -2.07. The second-order valence-electron chi connectivity index (χ2n) is 4.25. The van der Waals surface area contributed by atoms with Crippen LogP contribution in [0.15, 0.2) is 42.5 Å². The second-order valence-corrected chi connectivity index (χ2v) is 4.64. The van der Waals surface area contributed by atoms with Crippen molar-refractivity contribution in [3.63, 3.8) is 0 Å². The summed E-state index contributed by atoms with van der Waals surface area (Å²) in [6.45, 7) is 2.34. The highest BCUT2D eigenvalue weighted by Gasteiger charge is 2.06. The third kappa shape index (κ3) is 2.53. The smallest absolute Gasteiger partial charge is 0.189 e. The van der Waals surface area contributed by atoms with Gasteiger partial charge in [-0.1, -0.05) is 29.8 Å². The number of halogens is 1. The van der Waals surface area contributed by atoms with Gasteiger partial charge in [0.05, 0.1) is 0 Å². The number of benzene rings is 1. The molecule has 0 radical (unpaired) electrons. The van der Waals surface area contributed by atoms with Gasteiger partial charge in [0.15, 0.2) is 11.5 Å². The Labute approximate surface area is 115 Å². The summed E-state index contributed by atoms with van der Waals surface area (Å²) in [5, 5.41) is 4.83. The molecule has 96 valence electrons. The summed E-state index contributed by atoms with van der Waals surface area (Å²) in [5.74, 6) is 1.42. The first-order chi connectivity index (χ1) is 9.22. The maximum absolute atomic E-state index is 6.03. The van der Waals surface area contributed by atoms with Crippen LogP contribution in [-0.4, -0.2) is 14.6 Å². The van der Waals surface area contributed by atoms with Crippen LogP contribution in [0, 0.1) is 6.92 Å². The van der Waals surface area contributed by atoms with Gasteiger partial charge in [-0.3, -0.25) is 0 Å². The van der Waals surface area contributed by atoms with E-state index in [1.54, 1.807) is 10.6 Å². The number of pyridine rings is 1. The highest BCUT2D eigenvalue weighted by molar-refractivity contribution is 6.29. The standard InChI is InChI=1S/C14H12ClN3O/c1-10-4-2-5-11(8-10)19-9-13-16-14-7-3-6-12(15)18(14)17-13/h2-8H,9H2,1H3. The van der Waals surface area contributed by atoms with Crippen LogP contribution >= 0.6 is 11.6 Å². The van der Waals surface area contributed by atoms with Crippen LogP contribution in [0.25, 0.3) is 5.65 Å². The number of nitrogens with zero attached hydrogens (tertiary/aromatic N) is 3. The van der Waals surface area contributed by atoms with E-state index in [0.717, 1.165) is 17.0 Å². The van der Waals surface area contributed by atoms with Gasteiger partial charge < -0.3 is 4.74 Å². The molecule has 0 fully saturated rings. The number of ether oxygens (including phenoxy) is 1. The van der Waals surface area contributed by atoms with Gasteiger partial charge in [-0.2, -0.15) is 0 Å². The molecule has 19 heavy (non-hydrogen) atoms. The van der Waals surface area contributed by atoms with Crippen molar-refractivity contribution in [2.75, 3.05) is 0 Å². The molecule has 1 aromatic carbocycles. The summed E-state index contributed by atoms with van der Waals surface area (Å²) in [7, 11) is 0. The van der Waals surface area contributed by atoms with Crippen LogP contribution in [0.4, 0.5) is 0 Å². The molecule has 0 amide bonds. The lowest BCUT2D eigenvalue weighted by Crippen LogP contribution is -1.98. The molecule has 3 aromatic rings. The molecule has 0 N–H and O–H groups in total. The molecule has 0 aliphatic rings. The SMILES string of the molecule is Cc1cccc(OCc2nc3cccc(Cl)n3n2)c1. The first-order valence-corrected chi connectivity index (χ1v) is 6.30. The monoisotopic (exact) mass is 273 g/mol. The molecule has 0 saturated heterocycles. The van der Waals surface area contributed by atoms with Crippen LogP contribution in [0.2, 0.25) is 5.15 Å². The normalized spacial score (nSPS) is 10.8. The molecular formula is C14H12ClN3O. The molecule has 0 bridgehead atoms. The van der Waals surface area contributed by atoms with Crippen molar-refractivity contribution < 1.29 is 4.74 Å². The molecule has 0 aliphatic heterocycles. The zero-order valence-corrected chi connectivity index (χ0v) is 11.1. The lowest BCUT2D eigenvalue weighted by molar-refractivity contribution is 0.296. The molecule has 2 aromatic heterocycles.